The van der Waals surface area contributed by atoms with Crippen molar-refractivity contribution in [2.75, 3.05) is 0 Å². The summed E-state index contributed by atoms with van der Waals surface area (Å²) in [6.45, 7) is 3.07. The van der Waals surface area contributed by atoms with Crippen LogP contribution in [0.25, 0.3) is 22.4 Å². The lowest BCUT2D eigenvalue weighted by Gasteiger charge is -2.02. The lowest BCUT2D eigenvalue weighted by Crippen LogP contribution is -1.86. The molecule has 0 saturated heterocycles. The predicted octanol–water partition coefficient (Wildman–Crippen LogP) is 4.24. The first-order chi connectivity index (χ1) is 9.36. The van der Waals surface area contributed by atoms with Crippen LogP contribution < -0.4 is 0 Å². The van der Waals surface area contributed by atoms with Gasteiger partial charge in [-0.3, -0.25) is 0 Å². The normalized spacial score (nSPS) is 10.6. The topological polar surface area (TPSA) is 17.8 Å². The molecule has 0 unspecified atom stereocenters. The highest BCUT2D eigenvalue weighted by molar-refractivity contribution is 5.68. The van der Waals surface area contributed by atoms with Crippen molar-refractivity contribution in [3.8, 4) is 22.4 Å². The Kier molecular flexibility index (Phi) is 3.15. The van der Waals surface area contributed by atoms with Gasteiger partial charge in [0.1, 0.15) is 0 Å². The summed E-state index contributed by atoms with van der Waals surface area (Å²) < 4.78 is 2.08. The van der Waals surface area contributed by atoms with Crippen LogP contribution in [0.2, 0.25) is 0 Å². The van der Waals surface area contributed by atoms with Gasteiger partial charge in [0.15, 0.2) is 0 Å². The lowest BCUT2D eigenvalue weighted by molar-refractivity contribution is 0.762. The minimum Gasteiger partial charge on any atom is -0.337 e. The summed E-state index contributed by atoms with van der Waals surface area (Å²) in [5, 5.41) is 0. The van der Waals surface area contributed by atoms with E-state index in [0.717, 1.165) is 17.8 Å². The van der Waals surface area contributed by atoms with E-state index in [2.05, 4.69) is 71.2 Å². The zero-order chi connectivity index (χ0) is 13.1. The molecule has 0 fully saturated rings. The molecule has 1 heterocycles. The van der Waals surface area contributed by atoms with Crippen molar-refractivity contribution in [2.45, 2.75) is 13.5 Å². The maximum absolute atomic E-state index is 4.42. The van der Waals surface area contributed by atoms with Crippen molar-refractivity contribution >= 4 is 0 Å². The highest BCUT2D eigenvalue weighted by Gasteiger charge is 2.02. The molecule has 3 aromatic rings. The Hall–Kier alpha value is -2.35. The van der Waals surface area contributed by atoms with Gasteiger partial charge in [-0.05, 0) is 18.1 Å². The molecule has 94 valence electrons. The molecule has 2 heteroatoms. The first kappa shape index (κ1) is 11.7. The van der Waals surface area contributed by atoms with Crippen molar-refractivity contribution in [1.29, 1.82) is 0 Å². The van der Waals surface area contributed by atoms with E-state index >= 15 is 0 Å². The van der Waals surface area contributed by atoms with Gasteiger partial charge in [0.05, 0.1) is 12.0 Å². The van der Waals surface area contributed by atoms with E-state index < -0.39 is 0 Å². The molecule has 0 atom stereocenters. The SMILES string of the molecule is CCn1cnc(-c2ccc(-c3ccccc3)cc2)c1. The van der Waals surface area contributed by atoms with Crippen LogP contribution in [0.15, 0.2) is 67.1 Å². The monoisotopic (exact) mass is 248 g/mol. The standard InChI is InChI=1S/C17H16N2/c1-2-19-12-17(18-13-19)16-10-8-15(9-11-16)14-6-4-3-5-7-14/h3-13H,2H2,1H3. The molecule has 0 bridgehead atoms. The third-order valence-corrected chi connectivity index (χ3v) is 3.29. The van der Waals surface area contributed by atoms with Gasteiger partial charge in [-0.15, -0.1) is 0 Å². The lowest BCUT2D eigenvalue weighted by atomic mass is 10.0. The number of aromatic nitrogens is 2. The van der Waals surface area contributed by atoms with Gasteiger partial charge < -0.3 is 4.57 Å². The molecule has 19 heavy (non-hydrogen) atoms. The van der Waals surface area contributed by atoms with E-state index in [9.17, 15) is 0 Å². The molecule has 0 aliphatic heterocycles. The van der Waals surface area contributed by atoms with E-state index in [1.54, 1.807) is 0 Å². The highest BCUT2D eigenvalue weighted by Crippen LogP contribution is 2.23. The summed E-state index contributed by atoms with van der Waals surface area (Å²) in [6, 6.07) is 19.0. The van der Waals surface area contributed by atoms with Crippen LogP contribution in [-0.2, 0) is 6.54 Å². The summed E-state index contributed by atoms with van der Waals surface area (Å²) in [7, 11) is 0. The second-order valence-electron chi connectivity index (χ2n) is 4.53. The molecule has 0 amide bonds. The molecule has 0 N–H and O–H groups in total. The van der Waals surface area contributed by atoms with Crippen LogP contribution in [0.4, 0.5) is 0 Å². The Morgan fingerprint density at radius 1 is 0.842 bits per heavy atom. The maximum Gasteiger partial charge on any atom is 0.0953 e. The van der Waals surface area contributed by atoms with Crippen molar-refractivity contribution in [1.82, 2.24) is 9.55 Å². The molecule has 0 aliphatic rings. The smallest absolute Gasteiger partial charge is 0.0953 e. The van der Waals surface area contributed by atoms with E-state index in [1.165, 1.54) is 11.1 Å². The number of nitrogens with zero attached hydrogens (tertiary/aromatic N) is 2. The molecule has 2 aromatic carbocycles. The van der Waals surface area contributed by atoms with Crippen molar-refractivity contribution in [3.63, 3.8) is 0 Å². The van der Waals surface area contributed by atoms with Crippen LogP contribution in [0.1, 0.15) is 6.92 Å². The molecule has 1 aromatic heterocycles. The van der Waals surface area contributed by atoms with Gasteiger partial charge in [0.2, 0.25) is 0 Å². The zero-order valence-corrected chi connectivity index (χ0v) is 11.0. The van der Waals surface area contributed by atoms with Gasteiger partial charge in [0, 0.05) is 18.3 Å². The Bertz CT molecular complexity index is 651. The highest BCUT2D eigenvalue weighted by atomic mass is 15.0. The first-order valence-electron chi connectivity index (χ1n) is 6.54. The summed E-state index contributed by atoms with van der Waals surface area (Å²) >= 11 is 0. The van der Waals surface area contributed by atoms with Crippen LogP contribution >= 0.6 is 0 Å². The molecule has 0 radical (unpaired) electrons. The number of hydrogen-bond acceptors (Lipinski definition) is 1. The fourth-order valence-electron chi connectivity index (χ4n) is 2.15. The van der Waals surface area contributed by atoms with Crippen LogP contribution in [0.3, 0.4) is 0 Å². The summed E-state index contributed by atoms with van der Waals surface area (Å²) in [6.07, 6.45) is 3.96. The number of hydrogen-bond donors (Lipinski definition) is 0. The van der Waals surface area contributed by atoms with Gasteiger partial charge >= 0.3 is 0 Å². The first-order valence-corrected chi connectivity index (χ1v) is 6.54. The summed E-state index contributed by atoms with van der Waals surface area (Å²) in [5.74, 6) is 0. The fourth-order valence-corrected chi connectivity index (χ4v) is 2.15. The number of aryl methyl sites for hydroxylation is 1. The van der Waals surface area contributed by atoms with E-state index in [4.69, 9.17) is 0 Å². The minimum atomic E-state index is 0.953. The van der Waals surface area contributed by atoms with Crippen molar-refractivity contribution in [2.24, 2.45) is 0 Å². The maximum atomic E-state index is 4.42. The van der Waals surface area contributed by atoms with E-state index in [1.807, 2.05) is 12.4 Å². The van der Waals surface area contributed by atoms with Crippen LogP contribution in [-0.4, -0.2) is 9.55 Å². The molecule has 0 aliphatic carbocycles. The molecule has 0 spiro atoms. The Morgan fingerprint density at radius 2 is 1.47 bits per heavy atom. The number of benzene rings is 2. The second kappa shape index (κ2) is 5.11. The third-order valence-electron chi connectivity index (χ3n) is 3.29. The molecule has 3 rings (SSSR count). The van der Waals surface area contributed by atoms with Gasteiger partial charge in [-0.1, -0.05) is 54.6 Å². The Morgan fingerprint density at radius 3 is 2.11 bits per heavy atom. The number of rotatable bonds is 3. The van der Waals surface area contributed by atoms with Gasteiger partial charge in [-0.25, -0.2) is 4.98 Å². The summed E-state index contributed by atoms with van der Waals surface area (Å²) in [5.41, 5.74) is 4.67. The Labute approximate surface area is 113 Å². The largest absolute Gasteiger partial charge is 0.337 e. The van der Waals surface area contributed by atoms with E-state index in [0.29, 0.717) is 0 Å². The predicted molar refractivity (Wildman–Crippen MR) is 78.8 cm³/mol. The number of imidazole rings is 1. The van der Waals surface area contributed by atoms with Crippen LogP contribution in [0, 0.1) is 0 Å². The summed E-state index contributed by atoms with van der Waals surface area (Å²) in [4.78, 5) is 4.42. The quantitative estimate of drug-likeness (QED) is 0.678. The molecule has 0 saturated carbocycles. The van der Waals surface area contributed by atoms with Gasteiger partial charge in [-0.2, -0.15) is 0 Å². The van der Waals surface area contributed by atoms with Crippen LogP contribution in [0.5, 0.6) is 0 Å². The molecular weight excluding hydrogens is 232 g/mol. The minimum absolute atomic E-state index is 0.953. The molecule has 2 nitrogen and oxygen atoms in total. The zero-order valence-electron chi connectivity index (χ0n) is 11.0. The van der Waals surface area contributed by atoms with Crippen molar-refractivity contribution < 1.29 is 0 Å². The molecular formula is C17H16N2. The van der Waals surface area contributed by atoms with Gasteiger partial charge in [0.25, 0.3) is 0 Å². The fraction of sp³-hybridized carbons (Fsp3) is 0.118. The third kappa shape index (κ3) is 2.43. The van der Waals surface area contributed by atoms with Crippen molar-refractivity contribution in [3.05, 3.63) is 67.1 Å². The average Bonchev–Trinajstić information content (AvgIpc) is 2.97. The Balaban J connectivity index is 1.90. The average molecular weight is 248 g/mol. The van der Waals surface area contributed by atoms with E-state index in [-0.39, 0.29) is 0 Å². The second-order valence-corrected chi connectivity index (χ2v) is 4.53.